The largest absolute Gasteiger partial charge is 0.598 e. The summed E-state index contributed by atoms with van der Waals surface area (Å²) in [4.78, 5) is 0. The molecule has 1 aromatic carbocycles. The molecule has 0 fully saturated rings. The lowest BCUT2D eigenvalue weighted by Crippen LogP contribution is -2.46. The maximum Gasteiger partial charge on any atom is 0.192 e. The van der Waals surface area contributed by atoms with Crippen LogP contribution in [-0.4, -0.2) is 31.3 Å². The first-order valence-electron chi connectivity index (χ1n) is 9.29. The lowest BCUT2D eigenvalue weighted by Gasteiger charge is -2.38. The summed E-state index contributed by atoms with van der Waals surface area (Å²) >= 11 is 2.42. The third-order valence-corrected chi connectivity index (χ3v) is 11.9. The highest BCUT2D eigenvalue weighted by Crippen LogP contribution is 2.38. The molecule has 156 valence electrons. The summed E-state index contributed by atoms with van der Waals surface area (Å²) in [6.45, 7) is 18.0. The van der Waals surface area contributed by atoms with Crippen molar-refractivity contribution in [3.05, 3.63) is 33.8 Å². The number of nitrogens with one attached hydrogen (secondary N) is 1. The molecular formula is C20H36BrNO3SSi. The van der Waals surface area contributed by atoms with Gasteiger partial charge < -0.3 is 13.7 Å². The first kappa shape index (κ1) is 25.1. The molecular weight excluding hydrogens is 442 g/mol. The smallest absolute Gasteiger partial charge is 0.192 e. The van der Waals surface area contributed by atoms with Gasteiger partial charge in [-0.2, -0.15) is 0 Å². The zero-order chi connectivity index (χ0) is 21.0. The molecule has 0 heterocycles. The lowest BCUT2D eigenvalue weighted by atomic mass is 10.0. The molecule has 0 aromatic heterocycles. The molecule has 0 aliphatic rings. The quantitative estimate of drug-likeness (QED) is 0.384. The summed E-state index contributed by atoms with van der Waals surface area (Å²) in [5, 5.41) is 0.118. The first-order chi connectivity index (χ1) is 12.2. The van der Waals surface area contributed by atoms with Gasteiger partial charge in [0.2, 0.25) is 0 Å². The van der Waals surface area contributed by atoms with Gasteiger partial charge in [0.25, 0.3) is 0 Å². The van der Waals surface area contributed by atoms with Crippen LogP contribution >= 0.6 is 15.9 Å². The van der Waals surface area contributed by atoms with Crippen molar-refractivity contribution >= 4 is 35.6 Å². The number of rotatable bonds is 8. The van der Waals surface area contributed by atoms with Gasteiger partial charge in [0, 0.05) is 22.9 Å². The molecule has 0 amide bonds. The highest BCUT2D eigenvalue weighted by Gasteiger charge is 2.39. The van der Waals surface area contributed by atoms with Crippen LogP contribution in [0.25, 0.3) is 0 Å². The van der Waals surface area contributed by atoms with E-state index in [2.05, 4.69) is 60.6 Å². The Morgan fingerprint density at radius 2 is 1.78 bits per heavy atom. The minimum absolute atomic E-state index is 0.118. The molecule has 27 heavy (non-hydrogen) atoms. The average Bonchev–Trinajstić information content (AvgIpc) is 2.51. The Labute approximate surface area is 178 Å². The molecule has 1 aromatic rings. The maximum atomic E-state index is 12.8. The van der Waals surface area contributed by atoms with Crippen LogP contribution in [0.15, 0.2) is 22.7 Å². The van der Waals surface area contributed by atoms with E-state index in [1.165, 1.54) is 0 Å². The minimum Gasteiger partial charge on any atom is -0.598 e. The number of benzene rings is 1. The Hall–Kier alpha value is 0.107. The predicted molar refractivity (Wildman–Crippen MR) is 122 cm³/mol. The summed E-state index contributed by atoms with van der Waals surface area (Å²) in [5.74, 6) is 0. The Morgan fingerprint density at radius 1 is 1.19 bits per heavy atom. The molecule has 0 aliphatic heterocycles. The van der Waals surface area contributed by atoms with Crippen molar-refractivity contribution in [2.24, 2.45) is 0 Å². The van der Waals surface area contributed by atoms with Crippen molar-refractivity contribution < 1.29 is 13.7 Å². The van der Waals surface area contributed by atoms with Gasteiger partial charge in [0.15, 0.2) is 8.32 Å². The number of methoxy groups -OCH3 is 1. The van der Waals surface area contributed by atoms with Crippen molar-refractivity contribution in [2.75, 3.05) is 13.7 Å². The van der Waals surface area contributed by atoms with Crippen LogP contribution in [-0.2, 0) is 27.1 Å². The van der Waals surface area contributed by atoms with Gasteiger partial charge in [-0.3, -0.25) is 0 Å². The van der Waals surface area contributed by atoms with Crippen LogP contribution in [0.4, 0.5) is 0 Å². The molecule has 0 aliphatic carbocycles. The second kappa shape index (κ2) is 9.74. The van der Waals surface area contributed by atoms with Crippen molar-refractivity contribution in [1.29, 1.82) is 0 Å². The highest BCUT2D eigenvalue weighted by atomic mass is 79.9. The standard InChI is InChI=1S/C20H36BrNO3SSi/c1-19(2,3)26(23)22-18(14-25-27(8,9)20(4,5)6)15-11-10-12-17(21)16(15)13-24-7/h10-12,18,22H,13-14H2,1-9H3/t18-,26?/m0/s1. The van der Waals surface area contributed by atoms with E-state index in [4.69, 9.17) is 9.16 Å². The van der Waals surface area contributed by atoms with Crippen LogP contribution in [0.3, 0.4) is 0 Å². The zero-order valence-corrected chi connectivity index (χ0v) is 21.6. The minimum atomic E-state index is -1.93. The van der Waals surface area contributed by atoms with Gasteiger partial charge in [0.1, 0.15) is 4.75 Å². The fourth-order valence-corrected chi connectivity index (χ4v) is 4.52. The maximum absolute atomic E-state index is 12.8. The van der Waals surface area contributed by atoms with E-state index >= 15 is 0 Å². The summed E-state index contributed by atoms with van der Waals surface area (Å²) in [7, 11) is -0.243. The number of hydrogen-bond donors (Lipinski definition) is 1. The van der Waals surface area contributed by atoms with Gasteiger partial charge in [0.05, 0.1) is 19.3 Å². The Bertz CT molecular complexity index is 614. The van der Waals surface area contributed by atoms with Crippen molar-refractivity contribution in [3.8, 4) is 0 Å². The zero-order valence-electron chi connectivity index (χ0n) is 18.2. The van der Waals surface area contributed by atoms with Crippen LogP contribution in [0, 0.1) is 0 Å². The van der Waals surface area contributed by atoms with E-state index in [0.29, 0.717) is 13.2 Å². The summed E-state index contributed by atoms with van der Waals surface area (Å²) < 4.78 is 28.7. The van der Waals surface area contributed by atoms with Gasteiger partial charge >= 0.3 is 0 Å². The van der Waals surface area contributed by atoms with E-state index in [9.17, 15) is 4.55 Å². The number of ether oxygens (including phenoxy) is 1. The molecule has 4 nitrogen and oxygen atoms in total. The second-order valence-corrected chi connectivity index (χ2v) is 17.0. The van der Waals surface area contributed by atoms with Crippen molar-refractivity contribution in [1.82, 2.24) is 4.72 Å². The molecule has 0 spiro atoms. The fourth-order valence-electron chi connectivity index (χ4n) is 2.20. The van der Waals surface area contributed by atoms with Gasteiger partial charge in [-0.15, -0.1) is 4.72 Å². The van der Waals surface area contributed by atoms with Gasteiger partial charge in [-0.05, 0) is 56.1 Å². The van der Waals surface area contributed by atoms with Crippen LogP contribution in [0.2, 0.25) is 18.1 Å². The normalized spacial score (nSPS) is 15.7. The summed E-state index contributed by atoms with van der Waals surface area (Å²) in [5.41, 5.74) is 2.12. The van der Waals surface area contributed by atoms with Crippen LogP contribution < -0.4 is 4.72 Å². The highest BCUT2D eigenvalue weighted by molar-refractivity contribution is 9.10. The van der Waals surface area contributed by atoms with Gasteiger partial charge in [-0.1, -0.05) is 48.8 Å². The van der Waals surface area contributed by atoms with Crippen molar-refractivity contribution in [2.45, 2.75) is 77.1 Å². The van der Waals surface area contributed by atoms with E-state index in [0.717, 1.165) is 15.6 Å². The number of halogens is 1. The monoisotopic (exact) mass is 477 g/mol. The third kappa shape index (κ3) is 7.14. The molecule has 1 rings (SSSR count). The van der Waals surface area contributed by atoms with E-state index in [-0.39, 0.29) is 15.8 Å². The molecule has 7 heteroatoms. The second-order valence-electron chi connectivity index (χ2n) is 9.36. The van der Waals surface area contributed by atoms with Crippen LogP contribution in [0.5, 0.6) is 0 Å². The summed E-state index contributed by atoms with van der Waals surface area (Å²) in [6, 6.07) is 5.89. The molecule has 1 N–H and O–H groups in total. The van der Waals surface area contributed by atoms with Crippen molar-refractivity contribution in [3.63, 3.8) is 0 Å². The average molecular weight is 479 g/mol. The number of hydrogen-bond acceptors (Lipinski definition) is 4. The molecule has 2 atom stereocenters. The summed E-state index contributed by atoms with van der Waals surface area (Å²) in [6.07, 6.45) is 0. The SMILES string of the molecule is COCc1c(Br)cccc1[C@H](CO[Si](C)(C)C(C)(C)C)N[S+]([O-])C(C)(C)C. The topological polar surface area (TPSA) is 53.5 Å². The third-order valence-electron chi connectivity index (χ3n) is 5.04. The van der Waals surface area contributed by atoms with E-state index in [1.807, 2.05) is 32.9 Å². The Balaban J connectivity index is 3.22. The molecule has 0 saturated carbocycles. The first-order valence-corrected chi connectivity index (χ1v) is 14.1. The molecule has 1 unspecified atom stereocenters. The molecule has 0 saturated heterocycles. The molecule has 0 radical (unpaired) electrons. The van der Waals surface area contributed by atoms with E-state index < -0.39 is 19.7 Å². The van der Waals surface area contributed by atoms with E-state index in [1.54, 1.807) is 7.11 Å². The fraction of sp³-hybridized carbons (Fsp3) is 0.700. The van der Waals surface area contributed by atoms with Crippen LogP contribution in [0.1, 0.15) is 58.7 Å². The predicted octanol–water partition coefficient (Wildman–Crippen LogP) is 5.71. The Kier molecular flexibility index (Phi) is 9.07. The Morgan fingerprint density at radius 3 is 2.26 bits per heavy atom. The van der Waals surface area contributed by atoms with Gasteiger partial charge in [-0.25, -0.2) is 0 Å². The lowest BCUT2D eigenvalue weighted by molar-refractivity contribution is 0.181. The molecule has 0 bridgehead atoms.